The predicted octanol–water partition coefficient (Wildman–Crippen LogP) is 4.95. The summed E-state index contributed by atoms with van der Waals surface area (Å²) in [5.41, 5.74) is 8.47. The van der Waals surface area contributed by atoms with Crippen LogP contribution in [0.3, 0.4) is 0 Å². The van der Waals surface area contributed by atoms with Crippen molar-refractivity contribution in [2.75, 3.05) is 6.61 Å². The third kappa shape index (κ3) is 5.36. The van der Waals surface area contributed by atoms with Gasteiger partial charge in [0, 0.05) is 6.04 Å². The van der Waals surface area contributed by atoms with Crippen molar-refractivity contribution >= 4 is 24.0 Å². The molecule has 0 bridgehead atoms. The molecule has 1 aliphatic carbocycles. The minimum Gasteiger partial charge on any atom is -0.491 e. The molecule has 1 aromatic rings. The lowest BCUT2D eigenvalue weighted by molar-refractivity contribution is 0.296. The smallest absolute Gasteiger partial charge is 0.141 e. The van der Waals surface area contributed by atoms with Crippen molar-refractivity contribution in [3.8, 4) is 5.75 Å². The summed E-state index contributed by atoms with van der Waals surface area (Å²) in [6, 6.07) is 4.43. The molecule has 1 aromatic carbocycles. The first kappa shape index (κ1) is 18.6. The van der Waals surface area contributed by atoms with E-state index >= 15 is 0 Å². The van der Waals surface area contributed by atoms with Crippen LogP contribution in [0.4, 0.5) is 0 Å². The zero-order valence-corrected chi connectivity index (χ0v) is 14.8. The summed E-state index contributed by atoms with van der Waals surface area (Å²) < 4.78 is 5.98. The lowest BCUT2D eigenvalue weighted by atomic mass is 9.96. The molecule has 1 fully saturated rings. The van der Waals surface area contributed by atoms with E-state index in [9.17, 15) is 0 Å². The summed E-state index contributed by atoms with van der Waals surface area (Å²) in [4.78, 5) is 0. The molecule has 1 aliphatic rings. The van der Waals surface area contributed by atoms with Gasteiger partial charge in [0.2, 0.25) is 0 Å². The number of ether oxygens (including phenoxy) is 1. The molecule has 0 aromatic heterocycles. The van der Waals surface area contributed by atoms with E-state index in [4.69, 9.17) is 22.1 Å². The molecule has 120 valence electrons. The normalized spacial score (nSPS) is 15.7. The lowest BCUT2D eigenvalue weighted by Crippen LogP contribution is -2.21. The number of hydrogen-bond donors (Lipinski definition) is 1. The molecule has 4 heteroatoms. The third-order valence-corrected chi connectivity index (χ3v) is 4.22. The summed E-state index contributed by atoms with van der Waals surface area (Å²) in [6.45, 7) is 7.27. The molecule has 1 atom stereocenters. The highest BCUT2D eigenvalue weighted by Crippen LogP contribution is 2.37. The topological polar surface area (TPSA) is 35.2 Å². The van der Waals surface area contributed by atoms with Crippen LogP contribution in [0, 0.1) is 5.92 Å². The van der Waals surface area contributed by atoms with E-state index in [1.165, 1.54) is 24.0 Å². The Morgan fingerprint density at radius 2 is 2.00 bits per heavy atom. The Morgan fingerprint density at radius 3 is 2.52 bits per heavy atom. The Kier molecular flexibility index (Phi) is 7.32. The molecule has 0 aliphatic heterocycles. The largest absolute Gasteiger partial charge is 0.491 e. The highest BCUT2D eigenvalue weighted by Gasteiger charge is 2.23. The summed E-state index contributed by atoms with van der Waals surface area (Å²) >= 11 is 6.44. The van der Waals surface area contributed by atoms with Crippen molar-refractivity contribution in [3.63, 3.8) is 0 Å². The van der Waals surface area contributed by atoms with Gasteiger partial charge in [0.25, 0.3) is 0 Å². The number of rotatable bonds is 7. The van der Waals surface area contributed by atoms with E-state index in [2.05, 4.69) is 26.8 Å². The average molecular weight is 332 g/mol. The molecule has 2 rings (SSSR count). The van der Waals surface area contributed by atoms with Crippen LogP contribution in [0.2, 0.25) is 5.02 Å². The van der Waals surface area contributed by atoms with Gasteiger partial charge in [0.15, 0.2) is 0 Å². The van der Waals surface area contributed by atoms with Crippen LogP contribution in [0.15, 0.2) is 12.1 Å². The van der Waals surface area contributed by atoms with Gasteiger partial charge in [-0.25, -0.2) is 0 Å². The van der Waals surface area contributed by atoms with Crippen molar-refractivity contribution in [3.05, 3.63) is 28.3 Å². The minimum atomic E-state index is 0. The van der Waals surface area contributed by atoms with Gasteiger partial charge in [-0.2, -0.15) is 0 Å². The van der Waals surface area contributed by atoms with E-state index in [1.54, 1.807) is 0 Å². The third-order valence-electron chi connectivity index (χ3n) is 3.94. The lowest BCUT2D eigenvalue weighted by Gasteiger charge is -2.18. The van der Waals surface area contributed by atoms with E-state index in [-0.39, 0.29) is 18.4 Å². The van der Waals surface area contributed by atoms with Gasteiger partial charge >= 0.3 is 0 Å². The molecule has 1 saturated carbocycles. The maximum atomic E-state index is 6.44. The molecule has 2 nitrogen and oxygen atoms in total. The van der Waals surface area contributed by atoms with E-state index in [0.717, 1.165) is 36.1 Å². The van der Waals surface area contributed by atoms with Gasteiger partial charge < -0.3 is 10.5 Å². The molecule has 0 radical (unpaired) electrons. The Morgan fingerprint density at radius 1 is 1.33 bits per heavy atom. The van der Waals surface area contributed by atoms with Crippen LogP contribution in [0.25, 0.3) is 0 Å². The Labute approximate surface area is 139 Å². The van der Waals surface area contributed by atoms with Gasteiger partial charge in [-0.05, 0) is 54.7 Å². The fourth-order valence-electron chi connectivity index (χ4n) is 2.30. The highest BCUT2D eigenvalue weighted by molar-refractivity contribution is 6.32. The van der Waals surface area contributed by atoms with Gasteiger partial charge in [-0.1, -0.05) is 38.4 Å². The average Bonchev–Trinajstić information content (AvgIpc) is 3.20. The molecular weight excluding hydrogens is 305 g/mol. The van der Waals surface area contributed by atoms with Crippen molar-refractivity contribution < 1.29 is 4.74 Å². The standard InChI is InChI=1S/C17H26ClNO.ClH/c1-4-14(19)7-13-8-15(11(2)3)17(16(18)9-13)20-10-12-5-6-12;/h8-9,11-12,14H,4-7,10,19H2,1-3H3;1H. The number of hydrogen-bond acceptors (Lipinski definition) is 2. The molecule has 21 heavy (non-hydrogen) atoms. The molecule has 0 saturated heterocycles. The first-order chi connectivity index (χ1) is 9.51. The first-order valence-electron chi connectivity index (χ1n) is 7.72. The number of benzene rings is 1. The SMILES string of the molecule is CCC(N)Cc1cc(Cl)c(OCC2CC2)c(C(C)C)c1.Cl. The number of halogens is 2. The second kappa shape index (κ2) is 8.26. The van der Waals surface area contributed by atoms with Crippen molar-refractivity contribution in [2.45, 2.75) is 58.4 Å². The van der Waals surface area contributed by atoms with Crippen LogP contribution < -0.4 is 10.5 Å². The zero-order valence-electron chi connectivity index (χ0n) is 13.2. The van der Waals surface area contributed by atoms with Gasteiger partial charge in [0.05, 0.1) is 11.6 Å². The Bertz CT molecular complexity index is 458. The maximum absolute atomic E-state index is 6.44. The maximum Gasteiger partial charge on any atom is 0.141 e. The molecule has 0 spiro atoms. The van der Waals surface area contributed by atoms with Crippen LogP contribution in [-0.2, 0) is 6.42 Å². The zero-order chi connectivity index (χ0) is 14.7. The van der Waals surface area contributed by atoms with E-state index in [1.807, 2.05) is 6.07 Å². The van der Waals surface area contributed by atoms with E-state index < -0.39 is 0 Å². The van der Waals surface area contributed by atoms with Crippen LogP contribution in [-0.4, -0.2) is 12.6 Å². The highest BCUT2D eigenvalue weighted by atomic mass is 35.5. The summed E-state index contributed by atoms with van der Waals surface area (Å²) in [7, 11) is 0. The molecule has 0 amide bonds. The minimum absolute atomic E-state index is 0. The van der Waals surface area contributed by atoms with Gasteiger partial charge in [-0.15, -0.1) is 12.4 Å². The van der Waals surface area contributed by atoms with Crippen LogP contribution in [0.1, 0.15) is 57.1 Å². The Hall–Kier alpha value is -0.440. The fraction of sp³-hybridized carbons (Fsp3) is 0.647. The second-order valence-corrected chi connectivity index (χ2v) is 6.68. The molecular formula is C17H27Cl2NO. The quantitative estimate of drug-likeness (QED) is 0.766. The summed E-state index contributed by atoms with van der Waals surface area (Å²) in [5.74, 6) is 2.01. The summed E-state index contributed by atoms with van der Waals surface area (Å²) in [5, 5.41) is 0.732. The Balaban J connectivity index is 0.00000220. The van der Waals surface area contributed by atoms with Crippen LogP contribution in [0.5, 0.6) is 5.75 Å². The molecule has 1 unspecified atom stereocenters. The first-order valence-corrected chi connectivity index (χ1v) is 8.09. The van der Waals surface area contributed by atoms with Crippen molar-refractivity contribution in [1.29, 1.82) is 0 Å². The van der Waals surface area contributed by atoms with Gasteiger partial charge in [-0.3, -0.25) is 0 Å². The van der Waals surface area contributed by atoms with Gasteiger partial charge in [0.1, 0.15) is 5.75 Å². The predicted molar refractivity (Wildman–Crippen MR) is 93.0 cm³/mol. The second-order valence-electron chi connectivity index (χ2n) is 6.28. The fourth-order valence-corrected chi connectivity index (χ4v) is 2.61. The molecule has 2 N–H and O–H groups in total. The van der Waals surface area contributed by atoms with E-state index in [0.29, 0.717) is 5.92 Å². The van der Waals surface area contributed by atoms with Crippen LogP contribution >= 0.6 is 24.0 Å². The molecule has 0 heterocycles. The summed E-state index contributed by atoms with van der Waals surface area (Å²) in [6.07, 6.45) is 4.43. The van der Waals surface area contributed by atoms with Crippen molar-refractivity contribution in [1.82, 2.24) is 0 Å². The number of nitrogens with two attached hydrogens (primary N) is 1. The van der Waals surface area contributed by atoms with Crippen molar-refractivity contribution in [2.24, 2.45) is 11.7 Å². The monoisotopic (exact) mass is 331 g/mol.